The molecule has 0 bridgehead atoms. The van der Waals surface area contributed by atoms with Gasteiger partial charge in [0.15, 0.2) is 0 Å². The first-order valence-electron chi connectivity index (χ1n) is 10.8. The molecule has 3 aromatic carbocycles. The number of hydrogen-bond donors (Lipinski definition) is 1. The molecule has 0 aliphatic carbocycles. The normalized spacial score (nSPS) is 11.4. The highest BCUT2D eigenvalue weighted by atomic mass is 35.5. The van der Waals surface area contributed by atoms with Crippen LogP contribution in [0.3, 0.4) is 0 Å². The van der Waals surface area contributed by atoms with Gasteiger partial charge in [0.25, 0.3) is 15.9 Å². The minimum Gasteiger partial charge on any atom is -0.494 e. The first kappa shape index (κ1) is 25.3. The Bertz CT molecular complexity index is 1220. The highest BCUT2D eigenvalue weighted by Gasteiger charge is 2.27. The van der Waals surface area contributed by atoms with Gasteiger partial charge in [-0.3, -0.25) is 9.10 Å². The Labute approximate surface area is 205 Å². The van der Waals surface area contributed by atoms with Crippen LogP contribution in [0.1, 0.15) is 25.3 Å². The quantitative estimate of drug-likeness (QED) is 0.232. The number of nitrogens with one attached hydrogen (secondary N) is 1. The topological polar surface area (TPSA) is 88.1 Å². The number of amides is 1. The van der Waals surface area contributed by atoms with Gasteiger partial charge in [-0.25, -0.2) is 13.8 Å². The standard InChI is InChI=1S/C25H26ClN3O4S/c1-2-3-16-33-23-14-12-20(13-15-23)18-27-28-25(30)19-29(22-9-7-8-21(26)17-22)34(31,32)24-10-5-4-6-11-24/h4-15,17-18H,2-3,16,19H2,1H3,(H,28,30)/b27-18-. The number of anilines is 1. The van der Waals surface area contributed by atoms with Gasteiger partial charge >= 0.3 is 0 Å². The van der Waals surface area contributed by atoms with Gasteiger partial charge in [0, 0.05) is 5.02 Å². The number of halogens is 1. The molecule has 7 nitrogen and oxygen atoms in total. The molecule has 0 spiro atoms. The number of carbonyl (C=O) groups excluding carboxylic acids is 1. The summed E-state index contributed by atoms with van der Waals surface area (Å²) < 4.78 is 33.1. The molecule has 0 radical (unpaired) electrons. The van der Waals surface area contributed by atoms with E-state index >= 15 is 0 Å². The first-order valence-corrected chi connectivity index (χ1v) is 12.6. The molecule has 0 fully saturated rings. The van der Waals surface area contributed by atoms with Crippen LogP contribution in [-0.4, -0.2) is 33.7 Å². The molecule has 34 heavy (non-hydrogen) atoms. The number of benzene rings is 3. The maximum absolute atomic E-state index is 13.3. The SMILES string of the molecule is CCCCOc1ccc(/C=N\NC(=O)CN(c2cccc(Cl)c2)S(=O)(=O)c2ccccc2)cc1. The Hall–Kier alpha value is -3.36. The lowest BCUT2D eigenvalue weighted by Crippen LogP contribution is -2.39. The molecule has 3 rings (SSSR count). The van der Waals surface area contributed by atoms with Gasteiger partial charge in [-0.15, -0.1) is 0 Å². The van der Waals surface area contributed by atoms with E-state index in [0.717, 1.165) is 28.5 Å². The zero-order valence-electron chi connectivity index (χ0n) is 18.7. The molecular formula is C25H26ClN3O4S. The maximum atomic E-state index is 13.3. The van der Waals surface area contributed by atoms with Gasteiger partial charge in [0.2, 0.25) is 0 Å². The fourth-order valence-electron chi connectivity index (χ4n) is 3.00. The van der Waals surface area contributed by atoms with Gasteiger partial charge in [-0.1, -0.05) is 49.2 Å². The van der Waals surface area contributed by atoms with Crippen LogP contribution in [-0.2, 0) is 14.8 Å². The average molecular weight is 500 g/mol. The van der Waals surface area contributed by atoms with Crippen LogP contribution in [0.15, 0.2) is 88.9 Å². The second-order valence-corrected chi connectivity index (χ2v) is 9.67. The summed E-state index contributed by atoms with van der Waals surface area (Å²) in [5, 5.41) is 4.31. The zero-order chi connectivity index (χ0) is 24.4. The number of carbonyl (C=O) groups is 1. The number of hydrazone groups is 1. The molecular weight excluding hydrogens is 474 g/mol. The molecule has 1 N–H and O–H groups in total. The van der Waals surface area contributed by atoms with Crippen molar-refractivity contribution < 1.29 is 17.9 Å². The first-order chi connectivity index (χ1) is 16.4. The molecule has 3 aromatic rings. The molecule has 0 saturated carbocycles. The third kappa shape index (κ3) is 7.07. The lowest BCUT2D eigenvalue weighted by atomic mass is 10.2. The summed E-state index contributed by atoms with van der Waals surface area (Å²) in [4.78, 5) is 12.7. The van der Waals surface area contributed by atoms with Gasteiger partial charge in [-0.2, -0.15) is 5.10 Å². The fourth-order valence-corrected chi connectivity index (χ4v) is 4.61. The minimum atomic E-state index is -4.01. The molecule has 0 aromatic heterocycles. The van der Waals surface area contributed by atoms with Crippen LogP contribution in [0.25, 0.3) is 0 Å². The van der Waals surface area contributed by atoms with Gasteiger partial charge in [0.05, 0.1) is 23.4 Å². The van der Waals surface area contributed by atoms with Crippen molar-refractivity contribution >= 4 is 39.4 Å². The second kappa shape index (κ2) is 12.2. The number of sulfonamides is 1. The summed E-state index contributed by atoms with van der Waals surface area (Å²) >= 11 is 6.07. The second-order valence-electron chi connectivity index (χ2n) is 7.37. The predicted octanol–water partition coefficient (Wildman–Crippen LogP) is 4.86. The van der Waals surface area contributed by atoms with Crippen LogP contribution in [0.5, 0.6) is 5.75 Å². The largest absolute Gasteiger partial charge is 0.494 e. The van der Waals surface area contributed by atoms with E-state index in [2.05, 4.69) is 17.5 Å². The Kier molecular flexibility index (Phi) is 9.07. The molecule has 0 saturated heterocycles. The number of hydrogen-bond acceptors (Lipinski definition) is 5. The third-order valence-corrected chi connectivity index (χ3v) is 6.79. The molecule has 0 atom stereocenters. The van der Waals surface area contributed by atoms with E-state index in [1.165, 1.54) is 24.4 Å². The van der Waals surface area contributed by atoms with E-state index < -0.39 is 22.5 Å². The Morgan fingerprint density at radius 2 is 1.79 bits per heavy atom. The van der Waals surface area contributed by atoms with Crippen molar-refractivity contribution in [3.8, 4) is 5.75 Å². The van der Waals surface area contributed by atoms with Crippen LogP contribution in [0, 0.1) is 0 Å². The summed E-state index contributed by atoms with van der Waals surface area (Å²) in [6, 6.07) is 21.5. The van der Waals surface area contributed by atoms with Gasteiger partial charge in [0.1, 0.15) is 12.3 Å². The lowest BCUT2D eigenvalue weighted by Gasteiger charge is -2.23. The summed E-state index contributed by atoms with van der Waals surface area (Å²) in [6.45, 7) is 2.29. The van der Waals surface area contributed by atoms with Crippen molar-refractivity contribution in [1.29, 1.82) is 0 Å². The molecule has 0 aliphatic rings. The van der Waals surface area contributed by atoms with Crippen molar-refractivity contribution in [3.05, 3.63) is 89.4 Å². The van der Waals surface area contributed by atoms with Crippen LogP contribution in [0.2, 0.25) is 5.02 Å². The van der Waals surface area contributed by atoms with Crippen molar-refractivity contribution in [2.75, 3.05) is 17.5 Å². The molecule has 0 unspecified atom stereocenters. The van der Waals surface area contributed by atoms with Crippen LogP contribution < -0.4 is 14.5 Å². The summed E-state index contributed by atoms with van der Waals surface area (Å²) in [6.07, 6.45) is 3.52. The number of nitrogens with zero attached hydrogens (tertiary/aromatic N) is 2. The van der Waals surface area contributed by atoms with E-state index in [4.69, 9.17) is 16.3 Å². The van der Waals surface area contributed by atoms with Crippen molar-refractivity contribution in [3.63, 3.8) is 0 Å². The average Bonchev–Trinajstić information content (AvgIpc) is 2.84. The highest BCUT2D eigenvalue weighted by molar-refractivity contribution is 7.92. The summed E-state index contributed by atoms with van der Waals surface area (Å²) in [5.41, 5.74) is 3.41. The fraction of sp³-hybridized carbons (Fsp3) is 0.200. The summed E-state index contributed by atoms with van der Waals surface area (Å²) in [5.74, 6) is 0.160. The van der Waals surface area contributed by atoms with Gasteiger partial charge < -0.3 is 4.74 Å². The Balaban J connectivity index is 1.70. The zero-order valence-corrected chi connectivity index (χ0v) is 20.3. The number of rotatable bonds is 11. The van der Waals surface area contributed by atoms with E-state index in [1.54, 1.807) is 36.4 Å². The van der Waals surface area contributed by atoms with E-state index in [-0.39, 0.29) is 10.6 Å². The van der Waals surface area contributed by atoms with E-state index in [9.17, 15) is 13.2 Å². The highest BCUT2D eigenvalue weighted by Crippen LogP contribution is 2.25. The lowest BCUT2D eigenvalue weighted by molar-refractivity contribution is -0.119. The number of unbranched alkanes of at least 4 members (excludes halogenated alkanes) is 1. The Morgan fingerprint density at radius 3 is 2.47 bits per heavy atom. The molecule has 0 heterocycles. The smallest absolute Gasteiger partial charge is 0.264 e. The number of ether oxygens (including phenoxy) is 1. The molecule has 178 valence electrons. The monoisotopic (exact) mass is 499 g/mol. The van der Waals surface area contributed by atoms with Crippen molar-refractivity contribution in [2.24, 2.45) is 5.10 Å². The minimum absolute atomic E-state index is 0.0625. The van der Waals surface area contributed by atoms with Crippen molar-refractivity contribution in [1.82, 2.24) is 5.43 Å². The third-order valence-electron chi connectivity index (χ3n) is 4.76. The Morgan fingerprint density at radius 1 is 1.06 bits per heavy atom. The van der Waals surface area contributed by atoms with Gasteiger partial charge in [-0.05, 0) is 66.6 Å². The van der Waals surface area contributed by atoms with E-state index in [0.29, 0.717) is 11.6 Å². The van der Waals surface area contributed by atoms with Crippen LogP contribution in [0.4, 0.5) is 5.69 Å². The van der Waals surface area contributed by atoms with Crippen LogP contribution >= 0.6 is 11.6 Å². The predicted molar refractivity (Wildman–Crippen MR) is 135 cm³/mol. The van der Waals surface area contributed by atoms with Crippen molar-refractivity contribution in [2.45, 2.75) is 24.7 Å². The molecule has 9 heteroatoms. The molecule has 1 amide bonds. The molecule has 0 aliphatic heterocycles. The maximum Gasteiger partial charge on any atom is 0.264 e. The van der Waals surface area contributed by atoms with E-state index in [1.807, 2.05) is 24.3 Å². The summed E-state index contributed by atoms with van der Waals surface area (Å²) in [7, 11) is -4.01.